The van der Waals surface area contributed by atoms with Crippen LogP contribution in [0.25, 0.3) is 0 Å². The molecule has 0 aromatic heterocycles. The van der Waals surface area contributed by atoms with E-state index < -0.39 is 5.97 Å². The second-order valence-electron chi connectivity index (χ2n) is 5.81. The number of ether oxygens (including phenoxy) is 1. The molecule has 0 bridgehead atoms. The summed E-state index contributed by atoms with van der Waals surface area (Å²) in [5.74, 6) is -0.824. The van der Waals surface area contributed by atoms with Crippen molar-refractivity contribution in [3.63, 3.8) is 0 Å². The fourth-order valence-corrected chi connectivity index (χ4v) is 2.28. The quantitative estimate of drug-likeness (QED) is 0.373. The third kappa shape index (κ3) is 15.2. The van der Waals surface area contributed by atoms with Gasteiger partial charge in [0.05, 0.1) is 6.10 Å². The highest BCUT2D eigenvalue weighted by Crippen LogP contribution is 2.11. The molecular formula is C17H32O4. The summed E-state index contributed by atoms with van der Waals surface area (Å²) in [5.41, 5.74) is 0. The third-order valence-corrected chi connectivity index (χ3v) is 3.57. The highest BCUT2D eigenvalue weighted by atomic mass is 16.5. The minimum Gasteiger partial charge on any atom is -0.481 e. The summed E-state index contributed by atoms with van der Waals surface area (Å²) in [7, 11) is 0. The van der Waals surface area contributed by atoms with E-state index in [1.54, 1.807) is 0 Å². The van der Waals surface area contributed by atoms with Crippen LogP contribution in [-0.2, 0) is 14.3 Å². The van der Waals surface area contributed by atoms with Crippen molar-refractivity contribution in [1.29, 1.82) is 0 Å². The van der Waals surface area contributed by atoms with Gasteiger partial charge >= 0.3 is 11.9 Å². The molecule has 21 heavy (non-hydrogen) atoms. The van der Waals surface area contributed by atoms with E-state index in [9.17, 15) is 9.59 Å². The summed E-state index contributed by atoms with van der Waals surface area (Å²) in [6.07, 6.45) is 11.0. The molecule has 0 aliphatic carbocycles. The normalized spacial score (nSPS) is 12.1. The van der Waals surface area contributed by atoms with Crippen molar-refractivity contribution in [3.8, 4) is 0 Å². The van der Waals surface area contributed by atoms with Crippen molar-refractivity contribution >= 4 is 11.9 Å². The van der Waals surface area contributed by atoms with Crippen LogP contribution >= 0.6 is 0 Å². The zero-order valence-electron chi connectivity index (χ0n) is 13.7. The van der Waals surface area contributed by atoms with Crippen LogP contribution < -0.4 is 0 Å². The lowest BCUT2D eigenvalue weighted by Gasteiger charge is -2.13. The first-order chi connectivity index (χ1) is 10.1. The number of aliphatic carboxylic acids is 1. The van der Waals surface area contributed by atoms with Gasteiger partial charge in [0, 0.05) is 12.8 Å². The van der Waals surface area contributed by atoms with Gasteiger partial charge in [0.25, 0.3) is 0 Å². The van der Waals surface area contributed by atoms with Crippen molar-refractivity contribution in [1.82, 2.24) is 0 Å². The molecule has 1 unspecified atom stereocenters. The van der Waals surface area contributed by atoms with Crippen LogP contribution in [0.3, 0.4) is 0 Å². The molecule has 0 aliphatic heterocycles. The number of hydrogen-bond acceptors (Lipinski definition) is 3. The number of carbonyl (C=O) groups excluding carboxylic acids is 1. The highest BCUT2D eigenvalue weighted by molar-refractivity contribution is 5.69. The largest absolute Gasteiger partial charge is 0.481 e. The molecule has 0 aliphatic rings. The summed E-state index contributed by atoms with van der Waals surface area (Å²) in [4.78, 5) is 22.0. The molecule has 0 fully saturated rings. The van der Waals surface area contributed by atoms with Gasteiger partial charge < -0.3 is 9.84 Å². The van der Waals surface area contributed by atoms with E-state index in [0.717, 1.165) is 44.9 Å². The lowest BCUT2D eigenvalue weighted by Crippen LogP contribution is -2.14. The molecule has 0 aromatic rings. The smallest absolute Gasteiger partial charge is 0.306 e. The zero-order valence-corrected chi connectivity index (χ0v) is 13.7. The molecular weight excluding hydrogens is 268 g/mol. The SMILES string of the molecule is CCCCCCC(C)OC(=O)CCCCCCCC(=O)O. The summed E-state index contributed by atoms with van der Waals surface area (Å²) in [5, 5.41) is 8.50. The average molecular weight is 300 g/mol. The molecule has 0 rings (SSSR count). The Morgan fingerprint density at radius 2 is 1.48 bits per heavy atom. The van der Waals surface area contributed by atoms with Crippen molar-refractivity contribution in [2.75, 3.05) is 0 Å². The van der Waals surface area contributed by atoms with Crippen molar-refractivity contribution in [3.05, 3.63) is 0 Å². The number of carboxylic acid groups (broad SMARTS) is 1. The van der Waals surface area contributed by atoms with Gasteiger partial charge in [0.2, 0.25) is 0 Å². The molecule has 0 amide bonds. The standard InChI is InChI=1S/C17H32O4/c1-3-4-5-9-12-15(2)21-17(20)14-11-8-6-7-10-13-16(18)19/h15H,3-14H2,1-2H3,(H,18,19). The van der Waals surface area contributed by atoms with Crippen LogP contribution in [0.15, 0.2) is 0 Å². The lowest BCUT2D eigenvalue weighted by atomic mass is 10.1. The van der Waals surface area contributed by atoms with Gasteiger partial charge in [-0.1, -0.05) is 45.4 Å². The Bertz CT molecular complexity index is 276. The maximum Gasteiger partial charge on any atom is 0.306 e. The molecule has 0 radical (unpaired) electrons. The molecule has 0 spiro atoms. The van der Waals surface area contributed by atoms with E-state index in [4.69, 9.17) is 9.84 Å². The topological polar surface area (TPSA) is 63.6 Å². The van der Waals surface area contributed by atoms with Gasteiger partial charge in [-0.2, -0.15) is 0 Å². The minimum absolute atomic E-state index is 0.0323. The predicted molar refractivity (Wildman–Crippen MR) is 84.3 cm³/mol. The van der Waals surface area contributed by atoms with Crippen molar-refractivity contribution in [2.24, 2.45) is 0 Å². The Kier molecular flexibility index (Phi) is 13.2. The molecule has 124 valence electrons. The third-order valence-electron chi connectivity index (χ3n) is 3.57. The van der Waals surface area contributed by atoms with Crippen molar-refractivity contribution < 1.29 is 19.4 Å². The molecule has 0 aromatic carbocycles. The maximum atomic E-state index is 11.6. The Labute approximate surface area is 129 Å². The zero-order chi connectivity index (χ0) is 15.9. The van der Waals surface area contributed by atoms with Crippen LogP contribution in [0.5, 0.6) is 0 Å². The van der Waals surface area contributed by atoms with Gasteiger partial charge in [0.1, 0.15) is 0 Å². The number of carboxylic acids is 1. The number of carbonyl (C=O) groups is 2. The van der Waals surface area contributed by atoms with E-state index >= 15 is 0 Å². The van der Waals surface area contributed by atoms with Gasteiger partial charge in [-0.25, -0.2) is 0 Å². The summed E-state index contributed by atoms with van der Waals surface area (Å²) >= 11 is 0. The van der Waals surface area contributed by atoms with Crippen molar-refractivity contribution in [2.45, 2.75) is 97.0 Å². The van der Waals surface area contributed by atoms with E-state index in [1.807, 2.05) is 6.92 Å². The van der Waals surface area contributed by atoms with Crippen LogP contribution in [-0.4, -0.2) is 23.1 Å². The predicted octanol–water partition coefficient (Wildman–Crippen LogP) is 4.70. The molecule has 0 heterocycles. The number of rotatable bonds is 14. The number of hydrogen-bond donors (Lipinski definition) is 1. The molecule has 1 atom stereocenters. The van der Waals surface area contributed by atoms with Gasteiger partial charge in [-0.3, -0.25) is 9.59 Å². The first-order valence-electron chi connectivity index (χ1n) is 8.47. The molecule has 4 nitrogen and oxygen atoms in total. The van der Waals surface area contributed by atoms with Crippen LogP contribution in [0.1, 0.15) is 90.9 Å². The summed E-state index contributed by atoms with van der Waals surface area (Å²) in [6.45, 7) is 4.15. The summed E-state index contributed by atoms with van der Waals surface area (Å²) < 4.78 is 5.37. The van der Waals surface area contributed by atoms with Crippen LogP contribution in [0.2, 0.25) is 0 Å². The second-order valence-corrected chi connectivity index (χ2v) is 5.81. The van der Waals surface area contributed by atoms with E-state index in [0.29, 0.717) is 6.42 Å². The Balaban J connectivity index is 3.38. The molecule has 4 heteroatoms. The van der Waals surface area contributed by atoms with Gasteiger partial charge in [-0.05, 0) is 32.6 Å². The fourth-order valence-electron chi connectivity index (χ4n) is 2.28. The Morgan fingerprint density at radius 3 is 2.10 bits per heavy atom. The number of esters is 1. The minimum atomic E-state index is -0.730. The maximum absolute atomic E-state index is 11.6. The van der Waals surface area contributed by atoms with Gasteiger partial charge in [-0.15, -0.1) is 0 Å². The van der Waals surface area contributed by atoms with E-state index in [-0.39, 0.29) is 18.5 Å². The first kappa shape index (κ1) is 19.9. The average Bonchev–Trinajstić information content (AvgIpc) is 2.42. The fraction of sp³-hybridized carbons (Fsp3) is 0.882. The second kappa shape index (κ2) is 13.9. The van der Waals surface area contributed by atoms with Gasteiger partial charge in [0.15, 0.2) is 0 Å². The molecule has 1 N–H and O–H groups in total. The summed E-state index contributed by atoms with van der Waals surface area (Å²) in [6, 6.07) is 0. The highest BCUT2D eigenvalue weighted by Gasteiger charge is 2.08. The Morgan fingerprint density at radius 1 is 0.905 bits per heavy atom. The lowest BCUT2D eigenvalue weighted by molar-refractivity contribution is -0.148. The van der Waals surface area contributed by atoms with Crippen LogP contribution in [0, 0.1) is 0 Å². The van der Waals surface area contributed by atoms with Crippen LogP contribution in [0.4, 0.5) is 0 Å². The number of unbranched alkanes of at least 4 members (excludes halogenated alkanes) is 7. The van der Waals surface area contributed by atoms with E-state index in [1.165, 1.54) is 19.3 Å². The van der Waals surface area contributed by atoms with E-state index in [2.05, 4.69) is 6.92 Å². The molecule has 0 saturated carbocycles. The molecule has 0 saturated heterocycles. The first-order valence-corrected chi connectivity index (χ1v) is 8.47. The Hall–Kier alpha value is -1.06. The monoisotopic (exact) mass is 300 g/mol.